The lowest BCUT2D eigenvalue weighted by Crippen LogP contribution is -2.14. The third-order valence-corrected chi connectivity index (χ3v) is 3.46. The van der Waals surface area contributed by atoms with Crippen molar-refractivity contribution in [1.29, 1.82) is 0 Å². The number of rotatable bonds is 7. The Morgan fingerprint density at radius 2 is 2.10 bits per heavy atom. The molecule has 1 aromatic carbocycles. The van der Waals surface area contributed by atoms with Crippen molar-refractivity contribution in [3.63, 3.8) is 0 Å². The highest BCUT2D eigenvalue weighted by molar-refractivity contribution is 9.10. The molecule has 4 nitrogen and oxygen atoms in total. The maximum absolute atomic E-state index is 13.9. The highest BCUT2D eigenvalue weighted by Gasteiger charge is 2.23. The van der Waals surface area contributed by atoms with Crippen LogP contribution in [0.2, 0.25) is 0 Å². The first-order valence-corrected chi connectivity index (χ1v) is 7.03. The number of halogens is 2. The molecule has 6 heteroatoms. The van der Waals surface area contributed by atoms with Crippen molar-refractivity contribution in [1.82, 2.24) is 0 Å². The van der Waals surface area contributed by atoms with Crippen LogP contribution in [0.5, 0.6) is 0 Å². The van der Waals surface area contributed by atoms with Gasteiger partial charge in [0.05, 0.1) is 17.0 Å². The summed E-state index contributed by atoms with van der Waals surface area (Å²) in [6, 6.07) is 4.61. The quantitative estimate of drug-likeness (QED) is 0.606. The number of carbonyl (C=O) groups is 2. The Balaban J connectivity index is 2.63. The summed E-state index contributed by atoms with van der Waals surface area (Å²) < 4.78 is 18.9. The van der Waals surface area contributed by atoms with E-state index in [1.165, 1.54) is 19.1 Å². The fourth-order valence-corrected chi connectivity index (χ4v) is 2.25. The van der Waals surface area contributed by atoms with Crippen LogP contribution in [0.25, 0.3) is 0 Å². The highest BCUT2D eigenvalue weighted by Crippen LogP contribution is 2.28. The molecule has 0 aromatic heterocycles. The fourth-order valence-electron chi connectivity index (χ4n) is 1.87. The van der Waals surface area contributed by atoms with Gasteiger partial charge in [0.25, 0.3) is 0 Å². The van der Waals surface area contributed by atoms with Crippen LogP contribution in [0, 0.1) is 5.82 Å². The number of carboxylic acids is 1. The Labute approximate surface area is 125 Å². The number of hydrogen-bond acceptors (Lipinski definition) is 3. The van der Waals surface area contributed by atoms with Gasteiger partial charge in [-0.3, -0.25) is 9.59 Å². The minimum absolute atomic E-state index is 0.166. The molecular weight excluding hydrogens is 331 g/mol. The van der Waals surface area contributed by atoms with Crippen LogP contribution in [-0.2, 0) is 14.3 Å². The van der Waals surface area contributed by atoms with Crippen molar-refractivity contribution < 1.29 is 23.8 Å². The van der Waals surface area contributed by atoms with Crippen molar-refractivity contribution in [2.75, 3.05) is 6.61 Å². The summed E-state index contributed by atoms with van der Waals surface area (Å²) in [6.07, 6.45) is 1.39. The van der Waals surface area contributed by atoms with E-state index in [2.05, 4.69) is 15.9 Å². The van der Waals surface area contributed by atoms with Crippen LogP contribution in [-0.4, -0.2) is 23.7 Å². The smallest absolute Gasteiger partial charge is 0.311 e. The van der Waals surface area contributed by atoms with Crippen molar-refractivity contribution >= 4 is 27.9 Å². The summed E-state index contributed by atoms with van der Waals surface area (Å²) >= 11 is 3.05. The monoisotopic (exact) mass is 346 g/mol. The summed E-state index contributed by atoms with van der Waals surface area (Å²) in [5.74, 6) is -2.86. The zero-order valence-corrected chi connectivity index (χ0v) is 12.7. The first-order valence-electron chi connectivity index (χ1n) is 6.23. The Kier molecular flexibility index (Phi) is 6.64. The van der Waals surface area contributed by atoms with Gasteiger partial charge in [0.2, 0.25) is 0 Å². The predicted molar refractivity (Wildman–Crippen MR) is 75.0 cm³/mol. The lowest BCUT2D eigenvalue weighted by molar-refractivity contribution is -0.142. The molecule has 0 saturated carbocycles. The van der Waals surface area contributed by atoms with Gasteiger partial charge >= 0.3 is 11.9 Å². The SMILES string of the molecule is CC(=O)OCCCCC(C(=O)O)c1cccc(Br)c1F. The second-order valence-electron chi connectivity index (χ2n) is 4.37. The van der Waals surface area contributed by atoms with E-state index in [9.17, 15) is 19.1 Å². The molecule has 0 aliphatic carbocycles. The van der Waals surface area contributed by atoms with Gasteiger partial charge in [-0.25, -0.2) is 4.39 Å². The molecule has 0 bridgehead atoms. The maximum atomic E-state index is 13.9. The minimum Gasteiger partial charge on any atom is -0.481 e. The number of carbonyl (C=O) groups excluding carboxylic acids is 1. The van der Waals surface area contributed by atoms with E-state index < -0.39 is 17.7 Å². The molecule has 1 N–H and O–H groups in total. The first-order chi connectivity index (χ1) is 9.43. The van der Waals surface area contributed by atoms with Gasteiger partial charge in [-0.15, -0.1) is 0 Å². The number of hydrogen-bond donors (Lipinski definition) is 1. The van der Waals surface area contributed by atoms with Crippen LogP contribution in [0.1, 0.15) is 37.7 Å². The number of carboxylic acid groups (broad SMARTS) is 1. The largest absolute Gasteiger partial charge is 0.481 e. The summed E-state index contributed by atoms with van der Waals surface area (Å²) in [7, 11) is 0. The molecule has 1 rings (SSSR count). The Morgan fingerprint density at radius 1 is 1.40 bits per heavy atom. The molecule has 0 amide bonds. The van der Waals surface area contributed by atoms with E-state index in [1.54, 1.807) is 6.07 Å². The Hall–Kier alpha value is -1.43. The van der Waals surface area contributed by atoms with Gasteiger partial charge in [0, 0.05) is 12.5 Å². The molecule has 0 fully saturated rings. The molecule has 1 unspecified atom stereocenters. The fraction of sp³-hybridized carbons (Fsp3) is 0.429. The predicted octanol–water partition coefficient (Wildman–Crippen LogP) is 3.49. The lowest BCUT2D eigenvalue weighted by Gasteiger charge is -2.14. The molecule has 110 valence electrons. The van der Waals surface area contributed by atoms with E-state index in [0.717, 1.165) is 0 Å². The van der Waals surface area contributed by atoms with E-state index in [-0.39, 0.29) is 22.6 Å². The zero-order chi connectivity index (χ0) is 15.1. The minimum atomic E-state index is -1.06. The van der Waals surface area contributed by atoms with Gasteiger partial charge in [-0.1, -0.05) is 12.1 Å². The summed E-state index contributed by atoms with van der Waals surface area (Å²) in [6.45, 7) is 1.57. The van der Waals surface area contributed by atoms with Gasteiger partial charge in [0.15, 0.2) is 0 Å². The molecule has 1 atom stereocenters. The summed E-state index contributed by atoms with van der Waals surface area (Å²) in [5, 5.41) is 9.22. The Bertz CT molecular complexity index is 490. The van der Waals surface area contributed by atoms with Crippen molar-refractivity contribution in [2.24, 2.45) is 0 Å². The Morgan fingerprint density at radius 3 is 2.70 bits per heavy atom. The second kappa shape index (κ2) is 7.99. The number of benzene rings is 1. The number of unbranched alkanes of at least 4 members (excludes halogenated alkanes) is 1. The molecule has 1 aromatic rings. The molecular formula is C14H16BrFO4. The van der Waals surface area contributed by atoms with E-state index in [0.29, 0.717) is 19.3 Å². The number of aliphatic carboxylic acids is 1. The van der Waals surface area contributed by atoms with Crippen molar-refractivity contribution in [3.05, 3.63) is 34.1 Å². The zero-order valence-electron chi connectivity index (χ0n) is 11.1. The van der Waals surface area contributed by atoms with E-state index >= 15 is 0 Å². The third kappa shape index (κ3) is 4.92. The van der Waals surface area contributed by atoms with Crippen LogP contribution in [0.4, 0.5) is 4.39 Å². The standard InChI is InChI=1S/C14H16BrFO4/c1-9(17)20-8-3-2-5-11(14(18)19)10-6-4-7-12(15)13(10)16/h4,6-7,11H,2-3,5,8H2,1H3,(H,18,19). The van der Waals surface area contributed by atoms with Crippen LogP contribution >= 0.6 is 15.9 Å². The molecule has 0 heterocycles. The maximum Gasteiger partial charge on any atom is 0.311 e. The molecule has 0 aliphatic rings. The topological polar surface area (TPSA) is 63.6 Å². The highest BCUT2D eigenvalue weighted by atomic mass is 79.9. The summed E-state index contributed by atoms with van der Waals surface area (Å²) in [4.78, 5) is 21.8. The normalized spacial score (nSPS) is 11.9. The number of esters is 1. The van der Waals surface area contributed by atoms with E-state index in [4.69, 9.17) is 4.74 Å². The molecule has 0 aliphatic heterocycles. The van der Waals surface area contributed by atoms with Gasteiger partial charge < -0.3 is 9.84 Å². The van der Waals surface area contributed by atoms with E-state index in [1.807, 2.05) is 0 Å². The van der Waals surface area contributed by atoms with Crippen LogP contribution in [0.3, 0.4) is 0 Å². The lowest BCUT2D eigenvalue weighted by atomic mass is 9.93. The third-order valence-electron chi connectivity index (χ3n) is 2.85. The molecule has 0 radical (unpaired) electrons. The van der Waals surface area contributed by atoms with Crippen LogP contribution in [0.15, 0.2) is 22.7 Å². The molecule has 0 spiro atoms. The van der Waals surface area contributed by atoms with Crippen molar-refractivity contribution in [2.45, 2.75) is 32.1 Å². The average molecular weight is 347 g/mol. The average Bonchev–Trinajstić information content (AvgIpc) is 2.37. The molecule has 20 heavy (non-hydrogen) atoms. The number of ether oxygens (including phenoxy) is 1. The second-order valence-corrected chi connectivity index (χ2v) is 5.22. The van der Waals surface area contributed by atoms with Crippen LogP contribution < -0.4 is 0 Å². The van der Waals surface area contributed by atoms with Gasteiger partial charge in [-0.2, -0.15) is 0 Å². The summed E-state index contributed by atoms with van der Waals surface area (Å²) in [5.41, 5.74) is 0.166. The molecule has 0 saturated heterocycles. The van der Waals surface area contributed by atoms with Crippen molar-refractivity contribution in [3.8, 4) is 0 Å². The van der Waals surface area contributed by atoms with Gasteiger partial charge in [-0.05, 0) is 41.3 Å². The first kappa shape index (κ1) is 16.6. The van der Waals surface area contributed by atoms with Gasteiger partial charge in [0.1, 0.15) is 5.82 Å².